The zero-order valence-corrected chi connectivity index (χ0v) is 19.8. The lowest BCUT2D eigenvalue weighted by molar-refractivity contribution is 0.0571. The fraction of sp³-hybridized carbons (Fsp3) is 0.480. The van der Waals surface area contributed by atoms with Gasteiger partial charge in [0, 0.05) is 23.7 Å². The highest BCUT2D eigenvalue weighted by molar-refractivity contribution is 8.02. The third-order valence-corrected chi connectivity index (χ3v) is 6.10. The second-order valence-electron chi connectivity index (χ2n) is 7.98. The minimum Gasteiger partial charge on any atom is -0.373 e. The van der Waals surface area contributed by atoms with Crippen LogP contribution < -0.4 is 10.6 Å². The molecule has 2 rings (SSSR count). The number of hydrogen-bond donors (Lipinski definition) is 2. The van der Waals surface area contributed by atoms with Crippen molar-refractivity contribution in [3.8, 4) is 0 Å². The molecule has 176 valence electrons. The molecule has 0 aromatic rings. The number of ether oxygens (including phenoxy) is 1. The van der Waals surface area contributed by atoms with Crippen LogP contribution in [0.5, 0.6) is 0 Å². The Hall–Kier alpha value is -2.12. The number of thioether (sulfide) groups is 1. The first kappa shape index (κ1) is 26.1. The summed E-state index contributed by atoms with van der Waals surface area (Å²) in [6.07, 6.45) is 16.9. The predicted octanol–water partition coefficient (Wildman–Crippen LogP) is 6.77. The molecule has 2 aliphatic rings. The van der Waals surface area contributed by atoms with Crippen LogP contribution in [-0.4, -0.2) is 31.0 Å². The van der Waals surface area contributed by atoms with Crippen molar-refractivity contribution in [1.29, 1.82) is 0 Å². The van der Waals surface area contributed by atoms with Crippen molar-refractivity contribution >= 4 is 17.8 Å². The van der Waals surface area contributed by atoms with E-state index >= 15 is 0 Å². The predicted molar refractivity (Wildman–Crippen MR) is 130 cm³/mol. The third-order valence-electron chi connectivity index (χ3n) is 5.44. The molecule has 4 nitrogen and oxygen atoms in total. The van der Waals surface area contributed by atoms with E-state index in [1.807, 2.05) is 31.4 Å². The van der Waals surface area contributed by atoms with Crippen LogP contribution in [0.25, 0.3) is 0 Å². The van der Waals surface area contributed by atoms with Gasteiger partial charge >= 0.3 is 6.03 Å². The normalized spacial score (nSPS) is 27.6. The SMILES string of the molecule is C=C(/C=C\C=C(/C)NC(=O)NC1CCCC(OCC2=C(\F)CC/C=C/C=C\2F)CC1)SC. The molecule has 2 amide bonds. The molecule has 0 saturated heterocycles. The van der Waals surface area contributed by atoms with Crippen LogP contribution in [0.1, 0.15) is 51.9 Å². The number of nitrogens with one attached hydrogen (secondary N) is 2. The van der Waals surface area contributed by atoms with Gasteiger partial charge in [0.2, 0.25) is 0 Å². The lowest BCUT2D eigenvalue weighted by atomic mass is 10.1. The Morgan fingerprint density at radius 2 is 2.12 bits per heavy atom. The number of carbonyl (C=O) groups is 1. The van der Waals surface area contributed by atoms with E-state index in [2.05, 4.69) is 17.2 Å². The highest BCUT2D eigenvalue weighted by Gasteiger charge is 2.22. The summed E-state index contributed by atoms with van der Waals surface area (Å²) in [6, 6.07) is -0.190. The molecule has 2 N–H and O–H groups in total. The van der Waals surface area contributed by atoms with Crippen molar-refractivity contribution in [2.24, 2.45) is 0 Å². The van der Waals surface area contributed by atoms with Gasteiger partial charge in [-0.3, -0.25) is 0 Å². The van der Waals surface area contributed by atoms with Gasteiger partial charge in [-0.25, -0.2) is 13.6 Å². The van der Waals surface area contributed by atoms with Gasteiger partial charge in [-0.15, -0.1) is 11.8 Å². The van der Waals surface area contributed by atoms with E-state index in [9.17, 15) is 13.6 Å². The number of hydrogen-bond acceptors (Lipinski definition) is 3. The zero-order valence-electron chi connectivity index (χ0n) is 19.0. The van der Waals surface area contributed by atoms with E-state index < -0.39 is 11.7 Å². The van der Waals surface area contributed by atoms with Crippen LogP contribution >= 0.6 is 11.8 Å². The molecule has 2 aliphatic carbocycles. The van der Waals surface area contributed by atoms with E-state index in [1.54, 1.807) is 23.9 Å². The van der Waals surface area contributed by atoms with Gasteiger partial charge in [-0.05, 0) is 74.8 Å². The van der Waals surface area contributed by atoms with Crippen LogP contribution in [0.2, 0.25) is 0 Å². The van der Waals surface area contributed by atoms with Crippen LogP contribution in [0, 0.1) is 0 Å². The largest absolute Gasteiger partial charge is 0.373 e. The Morgan fingerprint density at radius 1 is 1.31 bits per heavy atom. The lowest BCUT2D eigenvalue weighted by Crippen LogP contribution is -2.41. The van der Waals surface area contributed by atoms with E-state index in [1.165, 1.54) is 6.08 Å². The average Bonchev–Trinajstić information content (AvgIpc) is 2.97. The molecule has 0 radical (unpaired) electrons. The molecule has 0 aromatic heterocycles. The standard InChI is InChI=1S/C25H34F2N2O2S/c1-18(9-7-10-19(2)32-3)28-25(30)29-20-11-8-12-21(16-15-20)31-17-22-23(26)13-5-4-6-14-24(22)27/h4-5,7,9-10,13,20-21H,2,6,8,11-12,14-17H2,1,3H3,(H2,28,29,30)/b5-4+,10-7-,18-9+,23-13+,24-22+. The Balaban J connectivity index is 1.79. The molecular weight excluding hydrogens is 430 g/mol. The fourth-order valence-electron chi connectivity index (χ4n) is 3.58. The molecule has 0 aromatic carbocycles. The van der Waals surface area contributed by atoms with Crippen molar-refractivity contribution in [1.82, 2.24) is 10.6 Å². The smallest absolute Gasteiger partial charge is 0.319 e. The minimum atomic E-state index is -0.570. The Kier molecular flexibility index (Phi) is 11.5. The van der Waals surface area contributed by atoms with Crippen LogP contribution in [-0.2, 0) is 4.74 Å². The minimum absolute atomic E-state index is 0.0186. The van der Waals surface area contributed by atoms with E-state index in [-0.39, 0.29) is 36.8 Å². The van der Waals surface area contributed by atoms with Crippen molar-refractivity contribution in [3.05, 3.63) is 70.9 Å². The number of allylic oxidation sites excluding steroid dienone is 8. The summed E-state index contributed by atoms with van der Waals surface area (Å²) < 4.78 is 34.3. The summed E-state index contributed by atoms with van der Waals surface area (Å²) >= 11 is 1.56. The van der Waals surface area contributed by atoms with Gasteiger partial charge < -0.3 is 15.4 Å². The lowest BCUT2D eigenvalue weighted by Gasteiger charge is -2.19. The van der Waals surface area contributed by atoms with Gasteiger partial charge in [0.15, 0.2) is 0 Å². The van der Waals surface area contributed by atoms with Crippen molar-refractivity contribution in [2.45, 2.75) is 64.0 Å². The maximum absolute atomic E-state index is 14.2. The molecule has 0 spiro atoms. The molecule has 7 heteroatoms. The van der Waals surface area contributed by atoms with Crippen molar-refractivity contribution in [2.75, 3.05) is 12.9 Å². The second kappa shape index (κ2) is 14.1. The molecule has 2 atom stereocenters. The van der Waals surface area contributed by atoms with Crippen molar-refractivity contribution < 1.29 is 18.3 Å². The van der Waals surface area contributed by atoms with E-state index in [4.69, 9.17) is 4.74 Å². The number of urea groups is 1. The highest BCUT2D eigenvalue weighted by Crippen LogP contribution is 2.26. The molecule has 0 aliphatic heterocycles. The monoisotopic (exact) mass is 464 g/mol. The summed E-state index contributed by atoms with van der Waals surface area (Å²) in [6.45, 7) is 5.64. The molecular formula is C25H34F2N2O2S. The van der Waals surface area contributed by atoms with Crippen LogP contribution in [0.4, 0.5) is 13.6 Å². The van der Waals surface area contributed by atoms with Gasteiger partial charge in [0.1, 0.15) is 11.7 Å². The summed E-state index contributed by atoms with van der Waals surface area (Å²) in [7, 11) is 0. The quantitative estimate of drug-likeness (QED) is 0.308. The highest BCUT2D eigenvalue weighted by atomic mass is 32.2. The summed E-state index contributed by atoms with van der Waals surface area (Å²) in [5.74, 6) is -1.01. The number of halogens is 2. The molecule has 1 saturated carbocycles. The van der Waals surface area contributed by atoms with Crippen LogP contribution in [0.15, 0.2) is 70.9 Å². The van der Waals surface area contributed by atoms with E-state index in [0.29, 0.717) is 6.42 Å². The maximum Gasteiger partial charge on any atom is 0.319 e. The number of rotatable bonds is 8. The van der Waals surface area contributed by atoms with Crippen molar-refractivity contribution in [3.63, 3.8) is 0 Å². The molecule has 1 fully saturated rings. The maximum atomic E-state index is 14.2. The molecule has 2 unspecified atom stereocenters. The summed E-state index contributed by atoms with van der Waals surface area (Å²) in [5, 5.41) is 5.85. The first-order chi connectivity index (χ1) is 15.4. The molecule has 0 heterocycles. The zero-order chi connectivity index (χ0) is 23.3. The summed E-state index contributed by atoms with van der Waals surface area (Å²) in [5.41, 5.74) is 0.756. The Bertz CT molecular complexity index is 815. The summed E-state index contributed by atoms with van der Waals surface area (Å²) in [4.78, 5) is 13.2. The van der Waals surface area contributed by atoms with Gasteiger partial charge in [-0.1, -0.05) is 24.8 Å². The molecule has 32 heavy (non-hydrogen) atoms. The van der Waals surface area contributed by atoms with Gasteiger partial charge in [0.25, 0.3) is 0 Å². The topological polar surface area (TPSA) is 50.4 Å². The Morgan fingerprint density at radius 3 is 2.91 bits per heavy atom. The molecule has 0 bridgehead atoms. The first-order valence-electron chi connectivity index (χ1n) is 11.1. The first-order valence-corrected chi connectivity index (χ1v) is 12.3. The number of carbonyl (C=O) groups excluding carboxylic acids is 1. The second-order valence-corrected chi connectivity index (χ2v) is 8.91. The average molecular weight is 465 g/mol. The van der Waals surface area contributed by atoms with Gasteiger partial charge in [0.05, 0.1) is 12.7 Å². The Labute approximate surface area is 194 Å². The van der Waals surface area contributed by atoms with Crippen LogP contribution in [0.3, 0.4) is 0 Å². The number of amides is 2. The van der Waals surface area contributed by atoms with Gasteiger partial charge in [-0.2, -0.15) is 0 Å². The third kappa shape index (κ3) is 9.57. The fourth-order valence-corrected chi connectivity index (χ4v) is 3.79. The van der Waals surface area contributed by atoms with E-state index in [0.717, 1.165) is 42.7 Å².